The fourth-order valence-corrected chi connectivity index (χ4v) is 2.28. The van der Waals surface area contributed by atoms with Crippen LogP contribution in [0, 0.1) is 22.7 Å². The first-order valence-corrected chi connectivity index (χ1v) is 4.47. The van der Waals surface area contributed by atoms with Crippen LogP contribution < -0.4 is 5.32 Å². The van der Waals surface area contributed by atoms with Gasteiger partial charge in [-0.25, -0.2) is 0 Å². The topological polar surface area (TPSA) is 35.8 Å². The molecule has 2 heterocycles. The van der Waals surface area contributed by atoms with Crippen LogP contribution in [0.25, 0.3) is 0 Å². The predicted octanol–water partition coefficient (Wildman–Crippen LogP) is 1.29. The molecule has 2 nitrogen and oxygen atoms in total. The van der Waals surface area contributed by atoms with Crippen molar-refractivity contribution in [2.75, 3.05) is 13.1 Å². The van der Waals surface area contributed by atoms with Crippen molar-refractivity contribution in [1.82, 2.24) is 5.32 Å². The summed E-state index contributed by atoms with van der Waals surface area (Å²) in [6.45, 7) is 2.07. The van der Waals surface area contributed by atoms with Crippen LogP contribution in [0.3, 0.4) is 0 Å². The van der Waals surface area contributed by atoms with Crippen molar-refractivity contribution in [3.63, 3.8) is 0 Å². The van der Waals surface area contributed by atoms with Crippen LogP contribution in [-0.4, -0.2) is 13.1 Å². The monoisotopic (exact) mass is 150 g/mol. The highest BCUT2D eigenvalue weighted by Crippen LogP contribution is 2.39. The third-order valence-electron chi connectivity index (χ3n) is 3.20. The second-order valence-corrected chi connectivity index (χ2v) is 3.97. The molecule has 3 rings (SSSR count). The molecule has 2 saturated heterocycles. The Hall–Kier alpha value is -0.550. The zero-order valence-corrected chi connectivity index (χ0v) is 6.77. The second-order valence-electron chi connectivity index (χ2n) is 3.97. The Labute approximate surface area is 67.6 Å². The molecule has 1 N–H and O–H groups in total. The lowest BCUT2D eigenvalue weighted by Crippen LogP contribution is -2.29. The van der Waals surface area contributed by atoms with Gasteiger partial charge in [-0.05, 0) is 38.1 Å². The molecular weight excluding hydrogens is 136 g/mol. The highest BCUT2D eigenvalue weighted by atomic mass is 14.9. The fraction of sp³-hybridized carbons (Fsp3) is 0.889. The van der Waals surface area contributed by atoms with Crippen LogP contribution in [0.1, 0.15) is 25.7 Å². The van der Waals surface area contributed by atoms with E-state index in [1.807, 2.05) is 0 Å². The minimum absolute atomic E-state index is 0.00694. The van der Waals surface area contributed by atoms with Crippen LogP contribution in [0.5, 0.6) is 0 Å². The van der Waals surface area contributed by atoms with Gasteiger partial charge in [0.1, 0.15) is 0 Å². The Balaban J connectivity index is 2.18. The lowest BCUT2D eigenvalue weighted by atomic mass is 9.73. The van der Waals surface area contributed by atoms with Gasteiger partial charge in [0.25, 0.3) is 0 Å². The summed E-state index contributed by atoms with van der Waals surface area (Å²) in [6, 6.07) is 2.48. The summed E-state index contributed by atoms with van der Waals surface area (Å²) in [5, 5.41) is 12.4. The lowest BCUT2D eigenvalue weighted by molar-refractivity contribution is 0.256. The molecule has 3 fully saturated rings. The lowest BCUT2D eigenvalue weighted by Gasteiger charge is -2.29. The molecule has 2 aliphatic heterocycles. The molecule has 3 aliphatic rings. The van der Waals surface area contributed by atoms with Crippen LogP contribution in [-0.2, 0) is 0 Å². The molecule has 2 bridgehead atoms. The zero-order chi connectivity index (χ0) is 7.73. The van der Waals surface area contributed by atoms with Gasteiger partial charge >= 0.3 is 0 Å². The molecule has 2 heteroatoms. The molecular formula is C9H14N2. The number of nitrogens with one attached hydrogen (secondary N) is 1. The van der Waals surface area contributed by atoms with E-state index in [0.717, 1.165) is 31.8 Å². The van der Waals surface area contributed by atoms with Crippen molar-refractivity contribution >= 4 is 0 Å². The third kappa shape index (κ3) is 1.14. The largest absolute Gasteiger partial charge is 0.315 e. The van der Waals surface area contributed by atoms with Crippen LogP contribution in [0.4, 0.5) is 0 Å². The quantitative estimate of drug-likeness (QED) is 0.564. The summed E-state index contributed by atoms with van der Waals surface area (Å²) < 4.78 is 0. The molecule has 0 radical (unpaired) electrons. The smallest absolute Gasteiger partial charge is 0.0703 e. The van der Waals surface area contributed by atoms with Crippen molar-refractivity contribution in [2.24, 2.45) is 11.3 Å². The van der Waals surface area contributed by atoms with E-state index in [0.29, 0.717) is 0 Å². The Kier molecular flexibility index (Phi) is 1.61. The minimum Gasteiger partial charge on any atom is -0.315 e. The van der Waals surface area contributed by atoms with Gasteiger partial charge in [0.05, 0.1) is 11.5 Å². The van der Waals surface area contributed by atoms with E-state index >= 15 is 0 Å². The average Bonchev–Trinajstić information content (AvgIpc) is 2.37. The minimum atomic E-state index is 0.00694. The normalized spacial score (nSPS) is 43.0. The molecule has 0 spiro atoms. The van der Waals surface area contributed by atoms with Crippen LogP contribution in [0.15, 0.2) is 0 Å². The average molecular weight is 150 g/mol. The van der Waals surface area contributed by atoms with E-state index in [1.54, 1.807) is 0 Å². The summed E-state index contributed by atoms with van der Waals surface area (Å²) in [5.41, 5.74) is 0.00694. The highest BCUT2D eigenvalue weighted by Gasteiger charge is 2.37. The number of fused-ring (bicyclic) bond motifs is 4. The summed E-state index contributed by atoms with van der Waals surface area (Å²) in [6.07, 6.45) is 4.78. The van der Waals surface area contributed by atoms with Gasteiger partial charge in [0, 0.05) is 6.54 Å². The van der Waals surface area contributed by atoms with Crippen LogP contribution in [0.2, 0.25) is 0 Å². The summed E-state index contributed by atoms with van der Waals surface area (Å²) in [7, 11) is 0. The number of hydrogen-bond donors (Lipinski definition) is 1. The Morgan fingerprint density at radius 1 is 1.36 bits per heavy atom. The molecule has 0 atom stereocenters. The first-order chi connectivity index (χ1) is 5.35. The third-order valence-corrected chi connectivity index (χ3v) is 3.20. The number of nitriles is 1. The van der Waals surface area contributed by atoms with E-state index in [9.17, 15) is 0 Å². The Morgan fingerprint density at radius 2 is 2.09 bits per heavy atom. The molecule has 1 aliphatic carbocycles. The van der Waals surface area contributed by atoms with Gasteiger partial charge < -0.3 is 5.32 Å². The van der Waals surface area contributed by atoms with Crippen molar-refractivity contribution in [3.05, 3.63) is 0 Å². The standard InChI is InChI=1S/C9H14N2/c10-6-9-3-1-8(2-4-9)5-11-7-9/h8,11H,1-5,7H2. The second kappa shape index (κ2) is 2.49. The van der Waals surface area contributed by atoms with Gasteiger partial charge in [0.2, 0.25) is 0 Å². The van der Waals surface area contributed by atoms with Gasteiger partial charge in [0.15, 0.2) is 0 Å². The number of hydrogen-bond acceptors (Lipinski definition) is 2. The predicted molar refractivity (Wildman–Crippen MR) is 42.9 cm³/mol. The Bertz CT molecular complexity index is 179. The van der Waals surface area contributed by atoms with Gasteiger partial charge in [-0.3, -0.25) is 0 Å². The highest BCUT2D eigenvalue weighted by molar-refractivity contribution is 5.05. The molecule has 0 aromatic heterocycles. The summed E-state index contributed by atoms with van der Waals surface area (Å²) in [4.78, 5) is 0. The maximum Gasteiger partial charge on any atom is 0.0703 e. The maximum absolute atomic E-state index is 9.00. The van der Waals surface area contributed by atoms with Gasteiger partial charge in [-0.15, -0.1) is 0 Å². The zero-order valence-electron chi connectivity index (χ0n) is 6.77. The van der Waals surface area contributed by atoms with E-state index in [1.165, 1.54) is 12.8 Å². The maximum atomic E-state index is 9.00. The first kappa shape index (κ1) is 7.12. The van der Waals surface area contributed by atoms with Gasteiger partial charge in [-0.2, -0.15) is 5.26 Å². The van der Waals surface area contributed by atoms with E-state index in [-0.39, 0.29) is 5.41 Å². The van der Waals surface area contributed by atoms with Crippen molar-refractivity contribution in [1.29, 1.82) is 5.26 Å². The van der Waals surface area contributed by atoms with E-state index in [2.05, 4.69) is 11.4 Å². The summed E-state index contributed by atoms with van der Waals surface area (Å²) >= 11 is 0. The first-order valence-electron chi connectivity index (χ1n) is 4.47. The molecule has 0 aromatic rings. The van der Waals surface area contributed by atoms with Crippen molar-refractivity contribution < 1.29 is 0 Å². The molecule has 11 heavy (non-hydrogen) atoms. The van der Waals surface area contributed by atoms with Crippen molar-refractivity contribution in [3.8, 4) is 6.07 Å². The Morgan fingerprint density at radius 3 is 2.73 bits per heavy atom. The van der Waals surface area contributed by atoms with E-state index in [4.69, 9.17) is 5.26 Å². The van der Waals surface area contributed by atoms with E-state index < -0.39 is 0 Å². The fourth-order valence-electron chi connectivity index (χ4n) is 2.28. The molecule has 0 amide bonds. The number of nitrogens with zero attached hydrogens (tertiary/aromatic N) is 1. The molecule has 60 valence electrons. The molecule has 1 saturated carbocycles. The van der Waals surface area contributed by atoms with Crippen molar-refractivity contribution in [2.45, 2.75) is 25.7 Å². The van der Waals surface area contributed by atoms with Crippen LogP contribution >= 0.6 is 0 Å². The van der Waals surface area contributed by atoms with Gasteiger partial charge in [-0.1, -0.05) is 0 Å². The number of rotatable bonds is 0. The SMILES string of the molecule is N#CC12CCC(CC1)CNC2. The summed E-state index contributed by atoms with van der Waals surface area (Å²) in [5.74, 6) is 0.860. The molecule has 0 unspecified atom stereocenters. The molecule has 0 aromatic carbocycles.